The lowest BCUT2D eigenvalue weighted by atomic mass is 10.0. The van der Waals surface area contributed by atoms with E-state index in [9.17, 15) is 14.4 Å². The molecule has 2 saturated heterocycles. The normalized spacial score (nSPS) is 16.0. The first-order valence-corrected chi connectivity index (χ1v) is 14.6. The number of anilines is 2. The number of rotatable bonds is 8. The summed E-state index contributed by atoms with van der Waals surface area (Å²) in [5.74, 6) is 1.21. The van der Waals surface area contributed by atoms with Gasteiger partial charge in [0.25, 0.3) is 5.56 Å². The molecule has 228 valence electrons. The second-order valence-corrected chi connectivity index (χ2v) is 11.1. The van der Waals surface area contributed by atoms with Crippen LogP contribution in [0.4, 0.5) is 16.2 Å². The molecule has 4 aromatic rings. The summed E-state index contributed by atoms with van der Waals surface area (Å²) in [6.07, 6.45) is 5.68. The molecule has 12 heteroatoms. The van der Waals surface area contributed by atoms with Crippen molar-refractivity contribution in [2.75, 3.05) is 50.7 Å². The fraction of sp³-hybridized carbons (Fsp3) is 0.344. The monoisotopic (exact) mass is 597 g/mol. The van der Waals surface area contributed by atoms with E-state index in [2.05, 4.69) is 44.3 Å². The van der Waals surface area contributed by atoms with Crippen LogP contribution in [0.15, 0.2) is 59.7 Å². The molecule has 6 rings (SSSR count). The first kappa shape index (κ1) is 29.1. The predicted octanol–water partition coefficient (Wildman–Crippen LogP) is 3.55. The number of benzene rings is 2. The molecule has 44 heavy (non-hydrogen) atoms. The molecule has 2 aliphatic rings. The number of nitrogens with one attached hydrogen (secondary N) is 2. The Kier molecular flexibility index (Phi) is 8.16. The van der Waals surface area contributed by atoms with E-state index in [-0.39, 0.29) is 17.9 Å². The van der Waals surface area contributed by atoms with Gasteiger partial charge in [-0.2, -0.15) is 0 Å². The molecule has 0 spiro atoms. The number of hydrogen-bond donors (Lipinski definition) is 2. The quantitative estimate of drug-likeness (QED) is 0.313. The fourth-order valence-electron chi connectivity index (χ4n) is 6.00. The Morgan fingerprint density at radius 2 is 1.77 bits per heavy atom. The van der Waals surface area contributed by atoms with E-state index < -0.39 is 6.03 Å². The molecule has 2 N–H and O–H groups in total. The Morgan fingerprint density at radius 1 is 1.00 bits per heavy atom. The molecule has 0 unspecified atom stereocenters. The van der Waals surface area contributed by atoms with Gasteiger partial charge in [0, 0.05) is 68.2 Å². The Bertz CT molecular complexity index is 1750. The van der Waals surface area contributed by atoms with Gasteiger partial charge in [0.1, 0.15) is 22.7 Å². The third kappa shape index (κ3) is 5.80. The molecule has 2 aromatic carbocycles. The summed E-state index contributed by atoms with van der Waals surface area (Å²) in [7, 11) is 5.19. The van der Waals surface area contributed by atoms with Gasteiger partial charge < -0.3 is 19.4 Å². The van der Waals surface area contributed by atoms with Gasteiger partial charge in [0.2, 0.25) is 5.91 Å². The van der Waals surface area contributed by atoms with Crippen LogP contribution >= 0.6 is 0 Å². The van der Waals surface area contributed by atoms with Crippen LogP contribution in [0, 0.1) is 0 Å². The molecule has 0 saturated carbocycles. The highest BCUT2D eigenvalue weighted by Crippen LogP contribution is 2.30. The number of aromatic amines is 1. The van der Waals surface area contributed by atoms with Gasteiger partial charge in [-0.05, 0) is 55.8 Å². The number of imide groups is 1. The van der Waals surface area contributed by atoms with Gasteiger partial charge >= 0.3 is 6.03 Å². The number of H-pyrrole nitrogens is 1. The Hall–Kier alpha value is -4.97. The zero-order chi connectivity index (χ0) is 30.8. The number of urea groups is 1. The van der Waals surface area contributed by atoms with Gasteiger partial charge in [-0.25, -0.2) is 9.78 Å². The third-order valence-electron chi connectivity index (χ3n) is 8.45. The number of fused-ring (bicyclic) bond motifs is 1. The molecular formula is C32H35N7O5. The maximum atomic E-state index is 12.9. The van der Waals surface area contributed by atoms with Gasteiger partial charge in [-0.1, -0.05) is 0 Å². The number of hydrogen-bond acceptors (Lipinski definition) is 9. The number of pyridine rings is 1. The predicted molar refractivity (Wildman–Crippen MR) is 167 cm³/mol. The summed E-state index contributed by atoms with van der Waals surface area (Å²) < 4.78 is 10.7. The summed E-state index contributed by atoms with van der Waals surface area (Å²) in [5, 5.41) is 2.78. The molecule has 2 aromatic heterocycles. The van der Waals surface area contributed by atoms with E-state index in [1.54, 1.807) is 36.5 Å². The highest BCUT2D eigenvalue weighted by atomic mass is 16.5. The number of carbonyl (C=O) groups is 2. The zero-order valence-corrected chi connectivity index (χ0v) is 25.0. The van der Waals surface area contributed by atoms with Gasteiger partial charge in [0.15, 0.2) is 0 Å². The molecule has 0 bridgehead atoms. The first-order chi connectivity index (χ1) is 21.3. The lowest BCUT2D eigenvalue weighted by molar-refractivity contribution is -0.120. The minimum atomic E-state index is -0.402. The summed E-state index contributed by atoms with van der Waals surface area (Å²) in [5.41, 5.74) is 3.90. The molecule has 4 heterocycles. The molecule has 0 radical (unpaired) electrons. The van der Waals surface area contributed by atoms with Gasteiger partial charge in [-0.15, -0.1) is 0 Å². The number of amides is 3. The molecular weight excluding hydrogens is 562 g/mol. The Morgan fingerprint density at radius 3 is 2.48 bits per heavy atom. The fourth-order valence-corrected chi connectivity index (χ4v) is 6.00. The third-order valence-corrected chi connectivity index (χ3v) is 8.45. The average molecular weight is 598 g/mol. The SMILES string of the molecule is COc1cc(OC)c2c(=O)[nH]c(-c3ccc(N4CCC(N(C)Cc5ccncc5N5CCC(=O)NC5=O)CC4)cc3)nc2c1. The van der Waals surface area contributed by atoms with Crippen molar-refractivity contribution in [3.63, 3.8) is 0 Å². The van der Waals surface area contributed by atoms with E-state index in [1.165, 1.54) is 7.11 Å². The average Bonchev–Trinajstić information content (AvgIpc) is 3.04. The number of ether oxygens (including phenoxy) is 2. The lowest BCUT2D eigenvalue weighted by Crippen LogP contribution is -2.50. The summed E-state index contributed by atoms with van der Waals surface area (Å²) in [6, 6.07) is 13.4. The second kappa shape index (κ2) is 12.3. The maximum absolute atomic E-state index is 12.9. The topological polar surface area (TPSA) is 133 Å². The van der Waals surface area contributed by atoms with Crippen LogP contribution in [0.1, 0.15) is 24.8 Å². The van der Waals surface area contributed by atoms with Crippen LogP contribution in [0.2, 0.25) is 0 Å². The second-order valence-electron chi connectivity index (χ2n) is 11.1. The van der Waals surface area contributed by atoms with Crippen molar-refractivity contribution in [2.24, 2.45) is 0 Å². The van der Waals surface area contributed by atoms with E-state index in [4.69, 9.17) is 14.5 Å². The highest BCUT2D eigenvalue weighted by molar-refractivity contribution is 6.05. The largest absolute Gasteiger partial charge is 0.497 e. The van der Waals surface area contributed by atoms with Crippen molar-refractivity contribution >= 4 is 34.2 Å². The molecule has 0 atom stereocenters. The Labute approximate surface area is 254 Å². The van der Waals surface area contributed by atoms with Gasteiger partial charge in [-0.3, -0.25) is 29.7 Å². The number of aromatic nitrogens is 3. The van der Waals surface area contributed by atoms with Crippen LogP contribution in [0.3, 0.4) is 0 Å². The van der Waals surface area contributed by atoms with Gasteiger partial charge in [0.05, 0.1) is 31.6 Å². The standard InChI is InChI=1S/C32H35N7O5/c1-37(19-21-8-12-33-18-26(21)39-15-11-28(40)35-32(39)42)22-9-13-38(14-10-22)23-6-4-20(5-7-23)30-34-25-16-24(43-2)17-27(44-3)29(25)31(41)36-30/h4-8,12,16-18,22H,9-11,13-15,19H2,1-3H3,(H,34,36,41)(H,35,40,42). The minimum absolute atomic E-state index is 0.252. The molecule has 2 aliphatic heterocycles. The summed E-state index contributed by atoms with van der Waals surface area (Å²) in [4.78, 5) is 55.1. The molecule has 12 nitrogen and oxygen atoms in total. The van der Waals surface area contributed by atoms with Crippen molar-refractivity contribution in [3.8, 4) is 22.9 Å². The summed E-state index contributed by atoms with van der Waals surface area (Å²) in [6.45, 7) is 2.82. The number of carbonyl (C=O) groups excluding carboxylic acids is 2. The van der Waals surface area contributed by atoms with Crippen LogP contribution in [-0.2, 0) is 11.3 Å². The van der Waals surface area contributed by atoms with Crippen molar-refractivity contribution in [2.45, 2.75) is 31.8 Å². The summed E-state index contributed by atoms with van der Waals surface area (Å²) >= 11 is 0. The molecule has 0 aliphatic carbocycles. The van der Waals surface area contributed by atoms with Crippen molar-refractivity contribution in [3.05, 3.63) is 70.8 Å². The van der Waals surface area contributed by atoms with E-state index >= 15 is 0 Å². The Balaban J connectivity index is 1.11. The lowest BCUT2D eigenvalue weighted by Gasteiger charge is -2.38. The van der Waals surface area contributed by atoms with Crippen LogP contribution in [0.5, 0.6) is 11.5 Å². The van der Waals surface area contributed by atoms with Crippen LogP contribution in [-0.4, -0.2) is 78.7 Å². The number of methoxy groups -OCH3 is 2. The van der Waals surface area contributed by atoms with Crippen molar-refractivity contribution in [1.29, 1.82) is 0 Å². The molecule has 3 amide bonds. The first-order valence-electron chi connectivity index (χ1n) is 14.6. The number of piperidine rings is 1. The molecule has 2 fully saturated rings. The maximum Gasteiger partial charge on any atom is 0.328 e. The van der Waals surface area contributed by atoms with E-state index in [1.807, 2.05) is 18.2 Å². The zero-order valence-electron chi connectivity index (χ0n) is 25.0. The van der Waals surface area contributed by atoms with Crippen LogP contribution < -0.4 is 30.1 Å². The van der Waals surface area contributed by atoms with E-state index in [0.717, 1.165) is 48.4 Å². The van der Waals surface area contributed by atoms with Crippen molar-refractivity contribution in [1.82, 2.24) is 25.2 Å². The number of nitrogens with zero attached hydrogens (tertiary/aromatic N) is 5. The van der Waals surface area contributed by atoms with Crippen molar-refractivity contribution < 1.29 is 19.1 Å². The smallest absolute Gasteiger partial charge is 0.328 e. The highest BCUT2D eigenvalue weighted by Gasteiger charge is 2.28. The van der Waals surface area contributed by atoms with E-state index in [0.29, 0.717) is 47.4 Å². The van der Waals surface area contributed by atoms with Crippen LogP contribution in [0.25, 0.3) is 22.3 Å². The minimum Gasteiger partial charge on any atom is -0.497 e.